The number of ketones is 1. The van der Waals surface area contributed by atoms with Crippen molar-refractivity contribution in [2.45, 2.75) is 71.1 Å². The van der Waals surface area contributed by atoms with Crippen LogP contribution in [0.4, 0.5) is 11.4 Å². The summed E-state index contributed by atoms with van der Waals surface area (Å²) in [6.45, 7) is 9.71. The number of nitrogens with one attached hydrogen (secondary N) is 2. The molecule has 1 aromatic rings. The smallest absolute Gasteiger partial charge is 0.355 e. The maximum absolute atomic E-state index is 12.9. The van der Waals surface area contributed by atoms with Crippen LogP contribution in [0.5, 0.6) is 0 Å². The van der Waals surface area contributed by atoms with Gasteiger partial charge in [-0.1, -0.05) is 38.8 Å². The second kappa shape index (κ2) is 18.1. The van der Waals surface area contributed by atoms with Crippen LogP contribution in [0.1, 0.15) is 71.3 Å². The molecule has 0 unspecified atom stereocenters. The van der Waals surface area contributed by atoms with E-state index in [0.29, 0.717) is 37.1 Å². The van der Waals surface area contributed by atoms with Gasteiger partial charge in [0, 0.05) is 67.4 Å². The molecule has 0 spiro atoms. The van der Waals surface area contributed by atoms with Crippen LogP contribution in [0.3, 0.4) is 0 Å². The van der Waals surface area contributed by atoms with Gasteiger partial charge in [-0.15, -0.1) is 4.67 Å². The van der Waals surface area contributed by atoms with Gasteiger partial charge >= 0.3 is 8.69 Å². The molecule has 3 amide bonds. The van der Waals surface area contributed by atoms with Crippen LogP contribution in [0.2, 0.25) is 0 Å². The van der Waals surface area contributed by atoms with Crippen LogP contribution in [-0.4, -0.2) is 53.0 Å². The Balaban J connectivity index is 1.83. The number of nitro groups is 1. The third-order valence-corrected chi connectivity index (χ3v) is 6.93. The van der Waals surface area contributed by atoms with Crippen LogP contribution in [0.15, 0.2) is 42.6 Å². The van der Waals surface area contributed by atoms with E-state index in [0.717, 1.165) is 0 Å². The van der Waals surface area contributed by atoms with Crippen molar-refractivity contribution < 1.29 is 43.3 Å². The van der Waals surface area contributed by atoms with Crippen molar-refractivity contribution in [1.29, 1.82) is 0 Å². The molecule has 1 aliphatic heterocycles. The molecule has 0 saturated heterocycles. The Morgan fingerprint density at radius 3 is 2.52 bits per heavy atom. The Morgan fingerprint density at radius 2 is 1.89 bits per heavy atom. The average Bonchev–Trinajstić information content (AvgIpc) is 3.27. The standard InChI is InChI=1S/C29H39N4O10P/c1-20-9-12-27(36)32(20)16-7-5-6-8-23(34)18-21(14-17-41-42-43-44-40)28(37)30-15-13-26(35)31-22-10-11-24(29(2,3)4)25(19-22)33(38)39/h9-12,19,21H,1,5-8,13-18H2,2-4H3,(H,30,37)(H,31,35)/t21-/m1/s1. The Hall–Kier alpha value is -3.84. The first-order valence-electron chi connectivity index (χ1n) is 14.2. The molecule has 0 saturated carbocycles. The Bertz CT molecular complexity index is 1240. The fourth-order valence-electron chi connectivity index (χ4n) is 4.53. The van der Waals surface area contributed by atoms with Gasteiger partial charge in [-0.25, -0.2) is 9.45 Å². The lowest BCUT2D eigenvalue weighted by molar-refractivity contribution is -0.463. The Kier molecular flexibility index (Phi) is 14.9. The van der Waals surface area contributed by atoms with E-state index >= 15 is 0 Å². The van der Waals surface area contributed by atoms with Crippen molar-refractivity contribution in [1.82, 2.24) is 10.2 Å². The quantitative estimate of drug-likeness (QED) is 0.0660. The molecule has 0 radical (unpaired) electrons. The van der Waals surface area contributed by atoms with E-state index in [1.54, 1.807) is 23.1 Å². The van der Waals surface area contributed by atoms with E-state index in [2.05, 4.69) is 26.9 Å². The van der Waals surface area contributed by atoms with Crippen molar-refractivity contribution in [3.8, 4) is 0 Å². The lowest BCUT2D eigenvalue weighted by Crippen LogP contribution is -2.34. The number of carbonyl (C=O) groups is 4. The van der Waals surface area contributed by atoms with E-state index in [4.69, 9.17) is 4.89 Å². The summed E-state index contributed by atoms with van der Waals surface area (Å²) in [6.07, 6.45) is 5.25. The van der Waals surface area contributed by atoms with Crippen molar-refractivity contribution in [2.75, 3.05) is 25.0 Å². The minimum atomic E-state index is -0.789. The van der Waals surface area contributed by atoms with Crippen molar-refractivity contribution >= 4 is 43.6 Å². The molecular weight excluding hydrogens is 595 g/mol. The van der Waals surface area contributed by atoms with Gasteiger partial charge in [0.05, 0.1) is 11.5 Å². The van der Waals surface area contributed by atoms with Crippen molar-refractivity contribution in [3.05, 3.63) is 58.3 Å². The van der Waals surface area contributed by atoms with Gasteiger partial charge in [-0.3, -0.25) is 29.3 Å². The molecule has 44 heavy (non-hydrogen) atoms. The minimum Gasteiger partial charge on any atom is -0.355 e. The zero-order chi connectivity index (χ0) is 32.7. The highest BCUT2D eigenvalue weighted by atomic mass is 31.1. The minimum absolute atomic E-state index is 0.0393. The first kappa shape index (κ1) is 36.4. The van der Waals surface area contributed by atoms with Gasteiger partial charge in [0.15, 0.2) is 0 Å². The molecule has 0 aliphatic carbocycles. The van der Waals surface area contributed by atoms with Gasteiger partial charge in [-0.05, 0) is 42.9 Å². The number of unbranched alkanes of at least 4 members (excludes halogenated alkanes) is 2. The molecule has 2 N–H and O–H groups in total. The van der Waals surface area contributed by atoms with Gasteiger partial charge in [0.25, 0.3) is 11.6 Å². The van der Waals surface area contributed by atoms with Crippen LogP contribution < -0.4 is 10.6 Å². The number of nitrogens with zero attached hydrogens (tertiary/aromatic N) is 2. The highest BCUT2D eigenvalue weighted by Crippen LogP contribution is 2.33. The number of hydrogen-bond donors (Lipinski definition) is 2. The number of carbonyl (C=O) groups excluding carboxylic acids is 4. The van der Waals surface area contributed by atoms with Crippen molar-refractivity contribution in [3.63, 3.8) is 0 Å². The topological polar surface area (TPSA) is 183 Å². The summed E-state index contributed by atoms with van der Waals surface area (Å²) in [7, 11) is -0.756. The molecule has 0 bridgehead atoms. The fraction of sp³-hybridized carbons (Fsp3) is 0.517. The SMILES string of the molecule is C=C1C=CC(=O)N1CCCCCC(=O)C[C@@H](CCOOOP=O)C(=O)NCCC(=O)Nc1ccc(C(C)(C)C)c([N+](=O)[O-])c1. The number of anilines is 1. The summed E-state index contributed by atoms with van der Waals surface area (Å²) in [6, 6.07) is 4.49. The molecule has 15 heteroatoms. The zero-order valence-corrected chi connectivity index (χ0v) is 26.1. The zero-order valence-electron chi connectivity index (χ0n) is 25.2. The molecule has 14 nitrogen and oxygen atoms in total. The maximum atomic E-state index is 12.9. The molecule has 0 fully saturated rings. The second-order valence-electron chi connectivity index (χ2n) is 11.2. The third-order valence-electron chi connectivity index (χ3n) is 6.81. The molecule has 2 rings (SSSR count). The van der Waals surface area contributed by atoms with E-state index in [1.165, 1.54) is 12.1 Å². The van der Waals surface area contributed by atoms with Crippen molar-refractivity contribution in [2.24, 2.45) is 5.92 Å². The summed E-state index contributed by atoms with van der Waals surface area (Å²) in [4.78, 5) is 67.1. The number of rotatable bonds is 20. The van der Waals surface area contributed by atoms with Crippen LogP contribution in [0, 0.1) is 16.0 Å². The first-order valence-corrected chi connectivity index (χ1v) is 14.9. The summed E-state index contributed by atoms with van der Waals surface area (Å²) < 4.78 is 14.3. The molecule has 240 valence electrons. The molecule has 0 aromatic heterocycles. The monoisotopic (exact) mass is 634 g/mol. The number of nitro benzene ring substituents is 1. The number of hydrogen-bond acceptors (Lipinski definition) is 10. The lowest BCUT2D eigenvalue weighted by atomic mass is 9.85. The number of allylic oxidation sites excluding steroid dienone is 1. The number of benzene rings is 1. The summed E-state index contributed by atoms with van der Waals surface area (Å²) in [5.74, 6) is -1.97. The number of amides is 3. The molecule has 1 heterocycles. The lowest BCUT2D eigenvalue weighted by Gasteiger charge is -2.19. The maximum Gasteiger partial charge on any atom is 0.361 e. The average molecular weight is 635 g/mol. The summed E-state index contributed by atoms with van der Waals surface area (Å²) in [5, 5.41) is 21.0. The molecule has 1 atom stereocenters. The van der Waals surface area contributed by atoms with E-state index < -0.39 is 36.8 Å². The highest BCUT2D eigenvalue weighted by Gasteiger charge is 2.26. The van der Waals surface area contributed by atoms with E-state index in [9.17, 15) is 33.9 Å². The van der Waals surface area contributed by atoms with Gasteiger partial charge in [-0.2, -0.15) is 0 Å². The fourth-order valence-corrected chi connectivity index (χ4v) is 4.60. The van der Waals surface area contributed by atoms with Gasteiger partial charge in [0.2, 0.25) is 11.8 Å². The molecule has 1 aliphatic rings. The van der Waals surface area contributed by atoms with E-state index in [-0.39, 0.29) is 61.9 Å². The number of Topliss-reactive ketones (excluding diaryl/α,β-unsaturated/α-hetero) is 1. The first-order chi connectivity index (χ1) is 20.8. The highest BCUT2D eigenvalue weighted by molar-refractivity contribution is 7.17. The Labute approximate surface area is 257 Å². The normalized spacial score (nSPS) is 13.8. The summed E-state index contributed by atoms with van der Waals surface area (Å²) >= 11 is 0. The predicted octanol–water partition coefficient (Wildman–Crippen LogP) is 4.86. The molecular formula is C29H39N4O10P. The van der Waals surface area contributed by atoms with Gasteiger partial charge < -0.3 is 15.5 Å². The summed E-state index contributed by atoms with van der Waals surface area (Å²) in [5.41, 5.74) is 0.866. The predicted molar refractivity (Wildman–Crippen MR) is 160 cm³/mol. The molecule has 1 aromatic carbocycles. The van der Waals surface area contributed by atoms with Crippen LogP contribution in [0.25, 0.3) is 0 Å². The Morgan fingerprint density at radius 1 is 1.14 bits per heavy atom. The van der Waals surface area contributed by atoms with E-state index in [1.807, 2.05) is 20.8 Å². The largest absolute Gasteiger partial charge is 0.361 e. The van der Waals surface area contributed by atoms with Crippen LogP contribution in [-0.2, 0) is 43.8 Å². The third kappa shape index (κ3) is 12.4. The second-order valence-corrected chi connectivity index (χ2v) is 11.5. The van der Waals surface area contributed by atoms with Crippen LogP contribution >= 0.6 is 8.69 Å². The van der Waals surface area contributed by atoms with Gasteiger partial charge in [0.1, 0.15) is 5.78 Å².